The molecule has 0 radical (unpaired) electrons. The molecule has 0 unspecified atom stereocenters. The minimum atomic E-state index is -0.452. The zero-order valence-electron chi connectivity index (χ0n) is 26.4. The van der Waals surface area contributed by atoms with Crippen LogP contribution in [0.4, 0.5) is 0 Å². The highest BCUT2D eigenvalue weighted by Gasteiger charge is 2.52. The Bertz CT molecular complexity index is 2180. The van der Waals surface area contributed by atoms with Crippen LogP contribution in [-0.4, -0.2) is 11.4 Å². The van der Waals surface area contributed by atoms with Crippen molar-refractivity contribution in [1.82, 2.24) is 0 Å². The SMILES string of the molecule is CC1(C)c2ccccc2C2(c3ccccc3Sc3ccccc32)c2cc(-c3ccc(C(=N)/C=C\C(=N)c4ccccc4)cc3)ccc21. The van der Waals surface area contributed by atoms with E-state index in [0.29, 0.717) is 11.4 Å². The summed E-state index contributed by atoms with van der Waals surface area (Å²) in [7, 11) is 0. The van der Waals surface area contributed by atoms with Crippen LogP contribution in [0.1, 0.15) is 58.4 Å². The summed E-state index contributed by atoms with van der Waals surface area (Å²) in [5.41, 5.74) is 12.1. The molecule has 8 rings (SSSR count). The largest absolute Gasteiger partial charge is 0.300 e. The van der Waals surface area contributed by atoms with E-state index in [-0.39, 0.29) is 5.41 Å². The van der Waals surface area contributed by atoms with Crippen LogP contribution < -0.4 is 0 Å². The van der Waals surface area contributed by atoms with Gasteiger partial charge in [0.15, 0.2) is 0 Å². The summed E-state index contributed by atoms with van der Waals surface area (Å²) in [5.74, 6) is 0. The van der Waals surface area contributed by atoms with Crippen LogP contribution in [0.25, 0.3) is 11.1 Å². The van der Waals surface area contributed by atoms with Crippen LogP contribution in [0.15, 0.2) is 168 Å². The first-order valence-electron chi connectivity index (χ1n) is 16.0. The molecule has 2 N–H and O–H groups in total. The number of allylic oxidation sites excluding steroid dienone is 2. The summed E-state index contributed by atoms with van der Waals surface area (Å²) in [5, 5.41) is 17.1. The number of benzene rings is 6. The Morgan fingerprint density at radius 2 is 0.936 bits per heavy atom. The fourth-order valence-electron chi connectivity index (χ4n) is 7.62. The number of hydrogen-bond acceptors (Lipinski definition) is 3. The summed E-state index contributed by atoms with van der Waals surface area (Å²) < 4.78 is 0. The second-order valence-corrected chi connectivity index (χ2v) is 14.0. The van der Waals surface area contributed by atoms with Gasteiger partial charge in [0.2, 0.25) is 0 Å². The van der Waals surface area contributed by atoms with Gasteiger partial charge in [0.25, 0.3) is 0 Å². The lowest BCUT2D eigenvalue weighted by molar-refractivity contribution is 0.549. The van der Waals surface area contributed by atoms with Gasteiger partial charge < -0.3 is 10.8 Å². The number of nitrogens with one attached hydrogen (secondary N) is 2. The molecule has 0 amide bonds. The molecule has 2 aliphatic rings. The molecule has 6 aromatic rings. The van der Waals surface area contributed by atoms with Crippen molar-refractivity contribution in [3.63, 3.8) is 0 Å². The maximum Gasteiger partial charge on any atom is 0.0729 e. The third kappa shape index (κ3) is 4.57. The topological polar surface area (TPSA) is 47.7 Å². The van der Waals surface area contributed by atoms with Crippen molar-refractivity contribution in [3.05, 3.63) is 202 Å². The molecule has 0 saturated carbocycles. The summed E-state index contributed by atoms with van der Waals surface area (Å²) >= 11 is 1.87. The molecular weight excluding hydrogens is 589 g/mol. The smallest absolute Gasteiger partial charge is 0.0729 e. The van der Waals surface area contributed by atoms with E-state index in [0.717, 1.165) is 22.3 Å². The summed E-state index contributed by atoms with van der Waals surface area (Å²) in [4.78, 5) is 2.60. The van der Waals surface area contributed by atoms with Crippen molar-refractivity contribution >= 4 is 23.2 Å². The molecule has 0 aromatic heterocycles. The van der Waals surface area contributed by atoms with Gasteiger partial charge in [0, 0.05) is 15.2 Å². The Morgan fingerprint density at radius 1 is 0.468 bits per heavy atom. The third-order valence-corrected chi connectivity index (χ3v) is 11.1. The van der Waals surface area contributed by atoms with Crippen LogP contribution in [0.5, 0.6) is 0 Å². The Hall–Kier alpha value is -5.25. The zero-order chi connectivity index (χ0) is 32.2. The molecule has 0 atom stereocenters. The fraction of sp³-hybridized carbons (Fsp3) is 0.0909. The van der Waals surface area contributed by atoms with E-state index in [1.54, 1.807) is 12.2 Å². The standard InChI is InChI=1S/C44H34N2S/c1-43(2)33-14-6-7-15-35(33)44(36-16-8-10-18-41(36)47-42-19-11-9-17-37(42)44)38-28-32(24-25-34(38)43)29-20-22-31(23-21-29)40(46)27-26-39(45)30-12-4-3-5-13-30/h3-28,45-46H,1-2H3/b27-26-,45-39?,46-40?. The molecule has 2 nitrogen and oxygen atoms in total. The van der Waals surface area contributed by atoms with Crippen LogP contribution >= 0.6 is 11.8 Å². The number of fused-ring (bicyclic) bond motifs is 8. The van der Waals surface area contributed by atoms with Crippen molar-refractivity contribution in [3.8, 4) is 11.1 Å². The first kappa shape index (κ1) is 29.2. The van der Waals surface area contributed by atoms with Crippen molar-refractivity contribution in [1.29, 1.82) is 10.8 Å². The molecule has 1 aliphatic carbocycles. The molecule has 1 heterocycles. The lowest BCUT2D eigenvalue weighted by Gasteiger charge is -2.50. The van der Waals surface area contributed by atoms with E-state index >= 15 is 0 Å². The molecule has 226 valence electrons. The zero-order valence-corrected chi connectivity index (χ0v) is 27.2. The van der Waals surface area contributed by atoms with Crippen molar-refractivity contribution in [2.24, 2.45) is 0 Å². The second kappa shape index (κ2) is 11.2. The molecular formula is C44H34N2S. The molecule has 6 aromatic carbocycles. The average Bonchev–Trinajstić information content (AvgIpc) is 3.12. The van der Waals surface area contributed by atoms with Gasteiger partial charge in [-0.2, -0.15) is 0 Å². The Morgan fingerprint density at radius 3 is 1.55 bits per heavy atom. The highest BCUT2D eigenvalue weighted by atomic mass is 32.2. The van der Waals surface area contributed by atoms with Crippen molar-refractivity contribution < 1.29 is 0 Å². The highest BCUT2D eigenvalue weighted by Crippen LogP contribution is 2.61. The summed E-state index contributed by atoms with van der Waals surface area (Å²) in [6.45, 7) is 4.72. The first-order chi connectivity index (χ1) is 22.9. The lowest BCUT2D eigenvalue weighted by Crippen LogP contribution is -2.43. The minimum Gasteiger partial charge on any atom is -0.300 e. The van der Waals surface area contributed by atoms with E-state index in [1.165, 1.54) is 43.2 Å². The van der Waals surface area contributed by atoms with Gasteiger partial charge in [0.1, 0.15) is 0 Å². The highest BCUT2D eigenvalue weighted by molar-refractivity contribution is 7.99. The maximum atomic E-state index is 8.68. The van der Waals surface area contributed by atoms with Crippen molar-refractivity contribution in [2.75, 3.05) is 0 Å². The molecule has 0 bridgehead atoms. The van der Waals surface area contributed by atoms with Gasteiger partial charge in [-0.15, -0.1) is 0 Å². The van der Waals surface area contributed by atoms with E-state index in [2.05, 4.69) is 117 Å². The average molecular weight is 623 g/mol. The first-order valence-corrected chi connectivity index (χ1v) is 16.8. The summed E-state index contributed by atoms with van der Waals surface area (Å²) in [6.07, 6.45) is 3.41. The molecule has 47 heavy (non-hydrogen) atoms. The van der Waals surface area contributed by atoms with E-state index < -0.39 is 5.41 Å². The van der Waals surface area contributed by atoms with Crippen LogP contribution in [-0.2, 0) is 10.8 Å². The fourth-order valence-corrected chi connectivity index (χ4v) is 8.81. The number of rotatable bonds is 5. The normalized spacial score (nSPS) is 14.9. The van der Waals surface area contributed by atoms with Gasteiger partial charge in [-0.3, -0.25) is 0 Å². The predicted octanol–water partition coefficient (Wildman–Crippen LogP) is 10.8. The molecule has 3 heteroatoms. The molecule has 0 saturated heterocycles. The minimum absolute atomic E-state index is 0.178. The van der Waals surface area contributed by atoms with Crippen LogP contribution in [0, 0.1) is 10.8 Å². The monoisotopic (exact) mass is 622 g/mol. The Labute approximate surface area is 280 Å². The van der Waals surface area contributed by atoms with Crippen LogP contribution in [0.3, 0.4) is 0 Å². The van der Waals surface area contributed by atoms with E-state index in [4.69, 9.17) is 10.8 Å². The third-order valence-electron chi connectivity index (χ3n) is 9.93. The van der Waals surface area contributed by atoms with Gasteiger partial charge in [-0.1, -0.05) is 153 Å². The Balaban J connectivity index is 1.26. The maximum absolute atomic E-state index is 8.68. The lowest BCUT2D eigenvalue weighted by atomic mass is 9.54. The Kier molecular flexibility index (Phi) is 6.96. The molecule has 1 aliphatic heterocycles. The van der Waals surface area contributed by atoms with Gasteiger partial charge in [-0.05, 0) is 86.0 Å². The quantitative estimate of drug-likeness (QED) is 0.184. The van der Waals surface area contributed by atoms with Gasteiger partial charge in [0.05, 0.1) is 16.8 Å². The van der Waals surface area contributed by atoms with Crippen molar-refractivity contribution in [2.45, 2.75) is 34.5 Å². The van der Waals surface area contributed by atoms with Gasteiger partial charge >= 0.3 is 0 Å². The second-order valence-electron chi connectivity index (χ2n) is 12.9. The molecule has 1 spiro atoms. The molecule has 0 fully saturated rings. The van der Waals surface area contributed by atoms with E-state index in [1.807, 2.05) is 54.2 Å². The van der Waals surface area contributed by atoms with E-state index in [9.17, 15) is 0 Å². The number of hydrogen-bond donors (Lipinski definition) is 2. The predicted molar refractivity (Wildman–Crippen MR) is 196 cm³/mol. The summed E-state index contributed by atoms with van der Waals surface area (Å²) in [6, 6.07) is 51.9. The van der Waals surface area contributed by atoms with Gasteiger partial charge in [-0.25, -0.2) is 0 Å². The van der Waals surface area contributed by atoms with Crippen LogP contribution in [0.2, 0.25) is 0 Å².